The molecule has 3 aromatic carbocycles. The van der Waals surface area contributed by atoms with Crippen LogP contribution in [0.3, 0.4) is 0 Å². The minimum absolute atomic E-state index is 0.0752. The molecule has 0 spiro atoms. The van der Waals surface area contributed by atoms with Gasteiger partial charge < -0.3 is 10.4 Å². The standard InChI is InChI=1S/C25H23IN2O4/c26-21-12-6-17(7-13-21)16-27-22(25(31)32)14-15-23(29)28-24(30)20-10-8-19(9-11-20)18-4-2-1-3-5-18/h1-13,22,27H,14-16H2,(H,31,32)(H,28,29,30)/t22-/m0/s1. The van der Waals surface area contributed by atoms with Gasteiger partial charge in [-0.2, -0.15) is 0 Å². The van der Waals surface area contributed by atoms with Crippen molar-refractivity contribution in [2.75, 3.05) is 0 Å². The number of carbonyl (C=O) groups excluding carboxylic acids is 2. The molecule has 0 aromatic heterocycles. The first-order valence-electron chi connectivity index (χ1n) is 10.1. The predicted octanol–water partition coefficient (Wildman–Crippen LogP) is 4.24. The molecule has 164 valence electrons. The van der Waals surface area contributed by atoms with Gasteiger partial charge in [0.1, 0.15) is 6.04 Å². The van der Waals surface area contributed by atoms with Crippen LogP contribution in [0.5, 0.6) is 0 Å². The third-order valence-electron chi connectivity index (χ3n) is 4.93. The van der Waals surface area contributed by atoms with Crippen LogP contribution in [0, 0.1) is 3.57 Å². The van der Waals surface area contributed by atoms with Gasteiger partial charge in [0.15, 0.2) is 0 Å². The molecule has 0 aliphatic rings. The van der Waals surface area contributed by atoms with E-state index < -0.39 is 23.8 Å². The van der Waals surface area contributed by atoms with E-state index in [0.29, 0.717) is 12.1 Å². The molecule has 0 aliphatic heterocycles. The van der Waals surface area contributed by atoms with Gasteiger partial charge in [-0.1, -0.05) is 54.6 Å². The summed E-state index contributed by atoms with van der Waals surface area (Å²) in [4.78, 5) is 36.1. The van der Waals surface area contributed by atoms with Crippen molar-refractivity contribution in [2.24, 2.45) is 0 Å². The van der Waals surface area contributed by atoms with Gasteiger partial charge in [-0.25, -0.2) is 0 Å². The van der Waals surface area contributed by atoms with E-state index in [1.165, 1.54) is 0 Å². The maximum Gasteiger partial charge on any atom is 0.320 e. The smallest absolute Gasteiger partial charge is 0.320 e. The summed E-state index contributed by atoms with van der Waals surface area (Å²) in [7, 11) is 0. The van der Waals surface area contributed by atoms with E-state index in [4.69, 9.17) is 0 Å². The van der Waals surface area contributed by atoms with Gasteiger partial charge >= 0.3 is 5.97 Å². The first-order valence-corrected chi connectivity index (χ1v) is 11.2. The maximum absolute atomic E-state index is 12.4. The fourth-order valence-electron chi connectivity index (χ4n) is 3.14. The Morgan fingerprint density at radius 2 is 1.47 bits per heavy atom. The highest BCUT2D eigenvalue weighted by atomic mass is 127. The van der Waals surface area contributed by atoms with Crippen molar-refractivity contribution in [2.45, 2.75) is 25.4 Å². The van der Waals surface area contributed by atoms with Crippen molar-refractivity contribution in [3.63, 3.8) is 0 Å². The van der Waals surface area contributed by atoms with Gasteiger partial charge in [0, 0.05) is 22.1 Å². The van der Waals surface area contributed by atoms with Crippen LogP contribution in [-0.4, -0.2) is 28.9 Å². The summed E-state index contributed by atoms with van der Waals surface area (Å²) >= 11 is 2.20. The number of aliphatic carboxylic acids is 1. The van der Waals surface area contributed by atoms with Crippen LogP contribution in [-0.2, 0) is 16.1 Å². The predicted molar refractivity (Wildman–Crippen MR) is 131 cm³/mol. The van der Waals surface area contributed by atoms with Crippen molar-refractivity contribution in [1.29, 1.82) is 0 Å². The second kappa shape index (κ2) is 11.5. The third-order valence-corrected chi connectivity index (χ3v) is 5.65. The monoisotopic (exact) mass is 542 g/mol. The Labute approximate surface area is 200 Å². The zero-order chi connectivity index (χ0) is 22.9. The summed E-state index contributed by atoms with van der Waals surface area (Å²) in [5, 5.41) is 14.7. The van der Waals surface area contributed by atoms with Crippen molar-refractivity contribution >= 4 is 40.4 Å². The van der Waals surface area contributed by atoms with E-state index in [1.54, 1.807) is 12.1 Å². The van der Waals surface area contributed by atoms with Gasteiger partial charge in [0.05, 0.1) is 0 Å². The normalized spacial score (nSPS) is 11.5. The SMILES string of the molecule is O=C(CC[C@H](NCc1ccc(I)cc1)C(=O)O)NC(=O)c1ccc(-c2ccccc2)cc1. The van der Waals surface area contributed by atoms with Crippen molar-refractivity contribution in [1.82, 2.24) is 10.6 Å². The van der Waals surface area contributed by atoms with E-state index in [-0.39, 0.29) is 12.8 Å². The molecular formula is C25H23IN2O4. The van der Waals surface area contributed by atoms with E-state index in [0.717, 1.165) is 20.3 Å². The molecule has 0 aliphatic carbocycles. The number of hydrogen-bond acceptors (Lipinski definition) is 4. The summed E-state index contributed by atoms with van der Waals surface area (Å²) in [6, 6.07) is 23.6. The lowest BCUT2D eigenvalue weighted by molar-refractivity contribution is -0.139. The minimum Gasteiger partial charge on any atom is -0.480 e. The van der Waals surface area contributed by atoms with Gasteiger partial charge in [-0.3, -0.25) is 19.7 Å². The van der Waals surface area contributed by atoms with Crippen LogP contribution < -0.4 is 10.6 Å². The molecule has 2 amide bonds. The minimum atomic E-state index is -1.04. The maximum atomic E-state index is 12.4. The van der Waals surface area contributed by atoms with Crippen LogP contribution in [0.1, 0.15) is 28.8 Å². The number of hydrogen-bond donors (Lipinski definition) is 3. The molecular weight excluding hydrogens is 519 g/mol. The number of imide groups is 1. The van der Waals surface area contributed by atoms with E-state index >= 15 is 0 Å². The second-order valence-corrected chi connectivity index (χ2v) is 8.50. The Kier molecular flexibility index (Phi) is 8.52. The first-order chi connectivity index (χ1) is 15.4. The van der Waals surface area contributed by atoms with Crippen LogP contribution in [0.2, 0.25) is 0 Å². The zero-order valence-corrected chi connectivity index (χ0v) is 19.4. The fourth-order valence-corrected chi connectivity index (χ4v) is 3.50. The molecule has 6 nitrogen and oxygen atoms in total. The largest absolute Gasteiger partial charge is 0.480 e. The van der Waals surface area contributed by atoms with Crippen LogP contribution in [0.25, 0.3) is 11.1 Å². The summed E-state index contributed by atoms with van der Waals surface area (Å²) in [6.07, 6.45) is -0.00372. The highest BCUT2D eigenvalue weighted by molar-refractivity contribution is 14.1. The third kappa shape index (κ3) is 7.00. The summed E-state index contributed by atoms with van der Waals surface area (Å²) in [5.74, 6) is -2.05. The molecule has 3 aromatic rings. The van der Waals surface area contributed by atoms with E-state index in [9.17, 15) is 19.5 Å². The highest BCUT2D eigenvalue weighted by Gasteiger charge is 2.19. The first kappa shape index (κ1) is 23.6. The topological polar surface area (TPSA) is 95.5 Å². The quantitative estimate of drug-likeness (QED) is 0.352. The molecule has 1 atom stereocenters. The summed E-state index contributed by atoms with van der Waals surface area (Å²) in [5.41, 5.74) is 3.32. The average Bonchev–Trinajstić information content (AvgIpc) is 2.80. The van der Waals surface area contributed by atoms with Crippen LogP contribution >= 0.6 is 22.6 Å². The number of nitrogens with one attached hydrogen (secondary N) is 2. The Hall–Kier alpha value is -3.04. The molecule has 3 rings (SSSR count). The Bertz CT molecular complexity index is 1070. The van der Waals surface area contributed by atoms with Gasteiger partial charge in [-0.05, 0) is 70.0 Å². The average molecular weight is 542 g/mol. The number of amides is 2. The molecule has 7 heteroatoms. The molecule has 0 saturated heterocycles. The van der Waals surface area contributed by atoms with E-state index in [2.05, 4.69) is 33.2 Å². The lowest BCUT2D eigenvalue weighted by Gasteiger charge is -2.14. The number of carboxylic acids is 1. The molecule has 0 unspecified atom stereocenters. The summed E-state index contributed by atoms with van der Waals surface area (Å²) < 4.78 is 1.09. The fraction of sp³-hybridized carbons (Fsp3) is 0.160. The Morgan fingerprint density at radius 1 is 0.844 bits per heavy atom. The second-order valence-electron chi connectivity index (χ2n) is 7.26. The van der Waals surface area contributed by atoms with Crippen molar-refractivity contribution < 1.29 is 19.5 Å². The summed E-state index contributed by atoms with van der Waals surface area (Å²) in [6.45, 7) is 0.377. The zero-order valence-electron chi connectivity index (χ0n) is 17.3. The van der Waals surface area contributed by atoms with E-state index in [1.807, 2.05) is 66.7 Å². The molecule has 0 saturated carbocycles. The Morgan fingerprint density at radius 3 is 2.09 bits per heavy atom. The molecule has 32 heavy (non-hydrogen) atoms. The molecule has 0 heterocycles. The molecule has 3 N–H and O–H groups in total. The van der Waals surface area contributed by atoms with Gasteiger partial charge in [0.25, 0.3) is 5.91 Å². The van der Waals surface area contributed by atoms with Gasteiger partial charge in [0.2, 0.25) is 5.91 Å². The van der Waals surface area contributed by atoms with Crippen LogP contribution in [0.15, 0.2) is 78.9 Å². The van der Waals surface area contributed by atoms with Gasteiger partial charge in [-0.15, -0.1) is 0 Å². The molecule has 0 radical (unpaired) electrons. The molecule has 0 bridgehead atoms. The van der Waals surface area contributed by atoms with Crippen molar-refractivity contribution in [3.05, 3.63) is 93.6 Å². The Balaban J connectivity index is 1.49. The van der Waals surface area contributed by atoms with Crippen molar-refractivity contribution in [3.8, 4) is 11.1 Å². The number of carbonyl (C=O) groups is 3. The van der Waals surface area contributed by atoms with Crippen LogP contribution in [0.4, 0.5) is 0 Å². The highest BCUT2D eigenvalue weighted by Crippen LogP contribution is 2.19. The lowest BCUT2D eigenvalue weighted by atomic mass is 10.0. The number of benzene rings is 3. The molecule has 0 fully saturated rings. The lowest BCUT2D eigenvalue weighted by Crippen LogP contribution is -2.38. The number of carboxylic acid groups (broad SMARTS) is 1. The number of rotatable bonds is 9. The number of halogens is 1.